The molecule has 3 heteroatoms. The number of hydrogen-bond acceptors (Lipinski definition) is 2. The van der Waals surface area contributed by atoms with Gasteiger partial charge in [-0.3, -0.25) is 4.79 Å². The van der Waals surface area contributed by atoms with Crippen molar-refractivity contribution in [1.82, 2.24) is 0 Å². The predicted octanol–water partition coefficient (Wildman–Crippen LogP) is 3.50. The van der Waals surface area contributed by atoms with E-state index in [1.165, 1.54) is 0 Å². The zero-order valence-corrected chi connectivity index (χ0v) is 13.1. The fourth-order valence-electron chi connectivity index (χ4n) is 2.60. The Balaban J connectivity index is 2.66. The minimum atomic E-state index is 0.220. The molecular weight excluding hydrogens is 248 g/mol. The number of nitrogens with zero attached hydrogens (tertiary/aromatic N) is 1. The van der Waals surface area contributed by atoms with Crippen LogP contribution in [0.15, 0.2) is 24.3 Å². The number of rotatable bonds is 8. The number of anilines is 1. The maximum absolute atomic E-state index is 12.4. The first-order chi connectivity index (χ1) is 9.63. The number of para-hydroxylation sites is 1. The minimum Gasteiger partial charge on any atom is -0.330 e. The van der Waals surface area contributed by atoms with Gasteiger partial charge in [0.15, 0.2) is 0 Å². The summed E-state index contributed by atoms with van der Waals surface area (Å²) in [6.45, 7) is 7.68. The lowest BCUT2D eigenvalue weighted by atomic mass is 9.96. The van der Waals surface area contributed by atoms with Gasteiger partial charge in [-0.05, 0) is 50.8 Å². The molecule has 0 saturated carbocycles. The molecule has 1 atom stereocenters. The highest BCUT2D eigenvalue weighted by Crippen LogP contribution is 2.22. The Labute approximate surface area is 123 Å². The van der Waals surface area contributed by atoms with E-state index in [0.717, 1.165) is 37.1 Å². The van der Waals surface area contributed by atoms with Crippen molar-refractivity contribution in [3.05, 3.63) is 29.8 Å². The quantitative estimate of drug-likeness (QED) is 0.790. The lowest BCUT2D eigenvalue weighted by molar-refractivity contribution is -0.118. The van der Waals surface area contributed by atoms with E-state index < -0.39 is 0 Å². The first-order valence-corrected chi connectivity index (χ1v) is 7.70. The molecule has 0 aliphatic rings. The predicted molar refractivity (Wildman–Crippen MR) is 85.9 cm³/mol. The van der Waals surface area contributed by atoms with Crippen LogP contribution in [0.5, 0.6) is 0 Å². The van der Waals surface area contributed by atoms with E-state index in [2.05, 4.69) is 19.9 Å². The highest BCUT2D eigenvalue weighted by molar-refractivity contribution is 5.93. The number of aryl methyl sites for hydroxylation is 1. The number of benzene rings is 1. The summed E-state index contributed by atoms with van der Waals surface area (Å²) < 4.78 is 0. The first-order valence-electron chi connectivity index (χ1n) is 7.70. The molecule has 112 valence electrons. The molecule has 3 nitrogen and oxygen atoms in total. The summed E-state index contributed by atoms with van der Waals surface area (Å²) in [6, 6.07) is 8.06. The SMILES string of the molecule is CCC(CCN)CCC(=O)N(CC)c1ccccc1C. The molecule has 0 bridgehead atoms. The summed E-state index contributed by atoms with van der Waals surface area (Å²) in [6.07, 6.45) is 3.66. The van der Waals surface area contributed by atoms with Crippen molar-refractivity contribution in [1.29, 1.82) is 0 Å². The van der Waals surface area contributed by atoms with Gasteiger partial charge in [0.25, 0.3) is 0 Å². The van der Waals surface area contributed by atoms with Crippen LogP contribution in [0.1, 0.15) is 45.1 Å². The van der Waals surface area contributed by atoms with Crippen LogP contribution in [0.4, 0.5) is 5.69 Å². The molecule has 0 heterocycles. The van der Waals surface area contributed by atoms with Gasteiger partial charge in [0.1, 0.15) is 0 Å². The van der Waals surface area contributed by atoms with Gasteiger partial charge in [-0.15, -0.1) is 0 Å². The maximum Gasteiger partial charge on any atom is 0.226 e. The fourth-order valence-corrected chi connectivity index (χ4v) is 2.60. The molecule has 0 aliphatic carbocycles. The Kier molecular flexibility index (Phi) is 7.31. The minimum absolute atomic E-state index is 0.220. The van der Waals surface area contributed by atoms with Crippen LogP contribution in [0, 0.1) is 12.8 Å². The van der Waals surface area contributed by atoms with Crippen molar-refractivity contribution in [2.75, 3.05) is 18.0 Å². The van der Waals surface area contributed by atoms with Gasteiger partial charge in [0.05, 0.1) is 0 Å². The zero-order valence-electron chi connectivity index (χ0n) is 13.1. The van der Waals surface area contributed by atoms with Crippen LogP contribution in [-0.2, 0) is 4.79 Å². The second kappa shape index (κ2) is 8.75. The van der Waals surface area contributed by atoms with Crippen molar-refractivity contribution in [3.8, 4) is 0 Å². The third kappa shape index (κ3) is 4.64. The van der Waals surface area contributed by atoms with Crippen molar-refractivity contribution in [2.24, 2.45) is 11.7 Å². The van der Waals surface area contributed by atoms with Crippen LogP contribution in [0.2, 0.25) is 0 Å². The maximum atomic E-state index is 12.4. The average molecular weight is 276 g/mol. The largest absolute Gasteiger partial charge is 0.330 e. The normalized spacial score (nSPS) is 12.2. The number of hydrogen-bond donors (Lipinski definition) is 1. The Morgan fingerprint density at radius 3 is 2.50 bits per heavy atom. The molecule has 1 aromatic rings. The van der Waals surface area contributed by atoms with Gasteiger partial charge < -0.3 is 10.6 Å². The van der Waals surface area contributed by atoms with E-state index in [1.807, 2.05) is 30.0 Å². The van der Waals surface area contributed by atoms with Crippen LogP contribution < -0.4 is 10.6 Å². The fraction of sp³-hybridized carbons (Fsp3) is 0.588. The molecule has 1 rings (SSSR count). The van der Waals surface area contributed by atoms with Crippen molar-refractivity contribution in [3.63, 3.8) is 0 Å². The van der Waals surface area contributed by atoms with E-state index >= 15 is 0 Å². The standard InChI is InChI=1S/C17H28N2O/c1-4-15(12-13-18)10-11-17(20)19(5-2)16-9-7-6-8-14(16)3/h6-9,15H,4-5,10-13,18H2,1-3H3. The molecule has 20 heavy (non-hydrogen) atoms. The van der Waals surface area contributed by atoms with E-state index in [4.69, 9.17) is 5.73 Å². The summed E-state index contributed by atoms with van der Waals surface area (Å²) >= 11 is 0. The molecule has 0 fully saturated rings. The molecule has 1 unspecified atom stereocenters. The molecular formula is C17H28N2O. The second-order valence-corrected chi connectivity index (χ2v) is 5.31. The second-order valence-electron chi connectivity index (χ2n) is 5.31. The van der Waals surface area contributed by atoms with Gasteiger partial charge >= 0.3 is 0 Å². The zero-order chi connectivity index (χ0) is 15.0. The Hall–Kier alpha value is -1.35. The van der Waals surface area contributed by atoms with Gasteiger partial charge in [0.2, 0.25) is 5.91 Å². The van der Waals surface area contributed by atoms with Crippen LogP contribution in [0.25, 0.3) is 0 Å². The molecule has 1 amide bonds. The van der Waals surface area contributed by atoms with E-state index in [9.17, 15) is 4.79 Å². The smallest absolute Gasteiger partial charge is 0.226 e. The van der Waals surface area contributed by atoms with Gasteiger partial charge in [0, 0.05) is 18.7 Å². The summed E-state index contributed by atoms with van der Waals surface area (Å²) in [4.78, 5) is 14.3. The molecule has 0 aromatic heterocycles. The summed E-state index contributed by atoms with van der Waals surface area (Å²) in [5.74, 6) is 0.789. The van der Waals surface area contributed by atoms with Gasteiger partial charge in [-0.2, -0.15) is 0 Å². The molecule has 0 spiro atoms. The molecule has 1 aromatic carbocycles. The Morgan fingerprint density at radius 2 is 1.95 bits per heavy atom. The van der Waals surface area contributed by atoms with Crippen LogP contribution in [-0.4, -0.2) is 19.0 Å². The lowest BCUT2D eigenvalue weighted by Crippen LogP contribution is -2.31. The highest BCUT2D eigenvalue weighted by atomic mass is 16.2. The number of nitrogens with two attached hydrogens (primary N) is 1. The summed E-state index contributed by atoms with van der Waals surface area (Å²) in [7, 11) is 0. The Morgan fingerprint density at radius 1 is 1.25 bits per heavy atom. The number of carbonyl (C=O) groups is 1. The third-order valence-corrected chi connectivity index (χ3v) is 3.94. The molecule has 0 aliphatic heterocycles. The van der Waals surface area contributed by atoms with Crippen molar-refractivity contribution >= 4 is 11.6 Å². The van der Waals surface area contributed by atoms with Gasteiger partial charge in [-0.25, -0.2) is 0 Å². The van der Waals surface area contributed by atoms with Crippen molar-refractivity contribution < 1.29 is 4.79 Å². The van der Waals surface area contributed by atoms with Gasteiger partial charge in [-0.1, -0.05) is 31.5 Å². The number of carbonyl (C=O) groups excluding carboxylic acids is 1. The van der Waals surface area contributed by atoms with E-state index in [-0.39, 0.29) is 5.91 Å². The first kappa shape index (κ1) is 16.7. The summed E-state index contributed by atoms with van der Waals surface area (Å²) in [5, 5.41) is 0. The van der Waals surface area contributed by atoms with E-state index in [1.54, 1.807) is 0 Å². The average Bonchev–Trinajstić information content (AvgIpc) is 2.46. The van der Waals surface area contributed by atoms with Crippen LogP contribution >= 0.6 is 0 Å². The summed E-state index contributed by atoms with van der Waals surface area (Å²) in [5.41, 5.74) is 7.80. The number of amides is 1. The van der Waals surface area contributed by atoms with Crippen molar-refractivity contribution in [2.45, 2.75) is 46.5 Å². The molecule has 2 N–H and O–H groups in total. The molecule has 0 saturated heterocycles. The highest BCUT2D eigenvalue weighted by Gasteiger charge is 2.17. The van der Waals surface area contributed by atoms with E-state index in [0.29, 0.717) is 18.9 Å². The topological polar surface area (TPSA) is 46.3 Å². The third-order valence-electron chi connectivity index (χ3n) is 3.94. The Bertz CT molecular complexity index is 417. The lowest BCUT2D eigenvalue weighted by Gasteiger charge is -2.24. The van der Waals surface area contributed by atoms with Crippen LogP contribution in [0.3, 0.4) is 0 Å². The molecule has 0 radical (unpaired) electrons. The monoisotopic (exact) mass is 276 g/mol.